The van der Waals surface area contributed by atoms with E-state index in [2.05, 4.69) is 4.98 Å². The molecule has 0 saturated carbocycles. The van der Waals surface area contributed by atoms with Crippen molar-refractivity contribution in [2.24, 2.45) is 7.05 Å². The normalized spacial score (nSPS) is 11.3. The topological polar surface area (TPSA) is 92.5 Å². The standard InChI is InChI=1S/C12H13N3O4S/c1-14-7-11(13-8-14)20(18,19)15(2)10-5-3-9(4-6-10)12(16)17/h3-8H,1-2H3,(H,16,17). The molecule has 0 aliphatic heterocycles. The van der Waals surface area contributed by atoms with Crippen molar-refractivity contribution in [2.75, 3.05) is 11.4 Å². The highest BCUT2D eigenvalue weighted by atomic mass is 32.2. The van der Waals surface area contributed by atoms with Gasteiger partial charge in [-0.3, -0.25) is 4.31 Å². The second kappa shape index (κ2) is 4.97. The first kappa shape index (κ1) is 14.1. The number of benzene rings is 1. The van der Waals surface area contributed by atoms with Crippen LogP contribution in [0.4, 0.5) is 5.69 Å². The Morgan fingerprint density at radius 3 is 2.35 bits per heavy atom. The first-order chi connectivity index (χ1) is 9.32. The van der Waals surface area contributed by atoms with E-state index in [4.69, 9.17) is 5.11 Å². The number of aromatic carboxylic acids is 1. The third kappa shape index (κ3) is 2.50. The SMILES string of the molecule is CN(c1ccc(C(=O)O)cc1)S(=O)(=O)c1cn(C)cn1. The summed E-state index contributed by atoms with van der Waals surface area (Å²) in [7, 11) is -0.687. The Morgan fingerprint density at radius 1 is 1.30 bits per heavy atom. The van der Waals surface area contributed by atoms with Gasteiger partial charge in [0.05, 0.1) is 17.6 Å². The molecule has 0 amide bonds. The van der Waals surface area contributed by atoms with Crippen LogP contribution in [-0.4, -0.2) is 36.1 Å². The van der Waals surface area contributed by atoms with E-state index in [0.29, 0.717) is 5.69 Å². The van der Waals surface area contributed by atoms with Crippen molar-refractivity contribution in [3.05, 3.63) is 42.4 Å². The van der Waals surface area contributed by atoms with Gasteiger partial charge in [-0.25, -0.2) is 9.78 Å². The molecule has 0 fully saturated rings. The zero-order valence-electron chi connectivity index (χ0n) is 10.9. The highest BCUT2D eigenvalue weighted by molar-refractivity contribution is 7.92. The van der Waals surface area contributed by atoms with Gasteiger partial charge in [0.25, 0.3) is 10.0 Å². The van der Waals surface area contributed by atoms with Crippen molar-refractivity contribution in [3.8, 4) is 0 Å². The number of carboxylic acids is 1. The van der Waals surface area contributed by atoms with Crippen LogP contribution in [0, 0.1) is 0 Å². The molecule has 7 nitrogen and oxygen atoms in total. The Bertz CT molecular complexity index is 734. The lowest BCUT2D eigenvalue weighted by Crippen LogP contribution is -2.26. The maximum atomic E-state index is 12.3. The van der Waals surface area contributed by atoms with Crippen molar-refractivity contribution >= 4 is 21.7 Å². The highest BCUT2D eigenvalue weighted by Gasteiger charge is 2.23. The van der Waals surface area contributed by atoms with Gasteiger partial charge in [0, 0.05) is 20.3 Å². The van der Waals surface area contributed by atoms with Crippen LogP contribution >= 0.6 is 0 Å². The minimum Gasteiger partial charge on any atom is -0.478 e. The van der Waals surface area contributed by atoms with E-state index < -0.39 is 16.0 Å². The molecule has 0 spiro atoms. The smallest absolute Gasteiger partial charge is 0.335 e. The third-order valence-electron chi connectivity index (χ3n) is 2.78. The zero-order valence-corrected chi connectivity index (χ0v) is 11.7. The fourth-order valence-corrected chi connectivity index (χ4v) is 2.77. The minimum atomic E-state index is -3.75. The molecule has 0 unspecified atom stereocenters. The molecule has 0 aliphatic rings. The van der Waals surface area contributed by atoms with Gasteiger partial charge in [-0.05, 0) is 24.3 Å². The number of aryl methyl sites for hydroxylation is 1. The van der Waals surface area contributed by atoms with Crippen LogP contribution in [0.1, 0.15) is 10.4 Å². The first-order valence-electron chi connectivity index (χ1n) is 5.62. The number of anilines is 1. The number of carbonyl (C=O) groups is 1. The average Bonchev–Trinajstić information content (AvgIpc) is 2.85. The molecule has 1 aromatic carbocycles. The summed E-state index contributed by atoms with van der Waals surface area (Å²) >= 11 is 0. The number of carboxylic acid groups (broad SMARTS) is 1. The zero-order chi connectivity index (χ0) is 14.9. The molecule has 2 rings (SSSR count). The molecule has 8 heteroatoms. The van der Waals surface area contributed by atoms with E-state index >= 15 is 0 Å². The number of imidazole rings is 1. The van der Waals surface area contributed by atoms with Crippen LogP contribution in [0.15, 0.2) is 41.8 Å². The molecule has 0 aliphatic carbocycles. The Kier molecular flexibility index (Phi) is 3.49. The van der Waals surface area contributed by atoms with E-state index in [0.717, 1.165) is 4.31 Å². The quantitative estimate of drug-likeness (QED) is 0.906. The van der Waals surface area contributed by atoms with Gasteiger partial charge in [-0.2, -0.15) is 8.42 Å². The fraction of sp³-hybridized carbons (Fsp3) is 0.167. The third-order valence-corrected chi connectivity index (χ3v) is 4.46. The summed E-state index contributed by atoms with van der Waals surface area (Å²) in [5.74, 6) is -1.06. The number of hydrogen-bond acceptors (Lipinski definition) is 4. The molecule has 0 saturated heterocycles. The van der Waals surface area contributed by atoms with Crippen molar-refractivity contribution in [1.82, 2.24) is 9.55 Å². The summed E-state index contributed by atoms with van der Waals surface area (Å²) in [4.78, 5) is 14.6. The lowest BCUT2D eigenvalue weighted by Gasteiger charge is -2.18. The molecule has 1 N–H and O–H groups in total. The molecule has 1 aromatic heterocycles. The maximum Gasteiger partial charge on any atom is 0.335 e. The lowest BCUT2D eigenvalue weighted by molar-refractivity contribution is 0.0697. The van der Waals surface area contributed by atoms with Gasteiger partial charge in [0.2, 0.25) is 0 Å². The van der Waals surface area contributed by atoms with Gasteiger partial charge in [0.15, 0.2) is 5.03 Å². The van der Waals surface area contributed by atoms with Crippen molar-refractivity contribution in [2.45, 2.75) is 5.03 Å². The summed E-state index contributed by atoms with van der Waals surface area (Å²) in [6.45, 7) is 0. The Balaban J connectivity index is 2.35. The van der Waals surface area contributed by atoms with Crippen molar-refractivity contribution < 1.29 is 18.3 Å². The second-order valence-electron chi connectivity index (χ2n) is 4.20. The average molecular weight is 295 g/mol. The Hall–Kier alpha value is -2.35. The van der Waals surface area contributed by atoms with Crippen LogP contribution in [0.3, 0.4) is 0 Å². The first-order valence-corrected chi connectivity index (χ1v) is 7.06. The number of hydrogen-bond donors (Lipinski definition) is 1. The molecular formula is C12H13N3O4S. The fourth-order valence-electron chi connectivity index (χ4n) is 1.62. The van der Waals surface area contributed by atoms with Gasteiger partial charge < -0.3 is 9.67 Å². The van der Waals surface area contributed by atoms with Gasteiger partial charge >= 0.3 is 5.97 Å². The van der Waals surface area contributed by atoms with Crippen molar-refractivity contribution in [3.63, 3.8) is 0 Å². The number of rotatable bonds is 4. The van der Waals surface area contributed by atoms with E-state index in [9.17, 15) is 13.2 Å². The summed E-state index contributed by atoms with van der Waals surface area (Å²) in [6.07, 6.45) is 2.80. The van der Waals surface area contributed by atoms with E-state index in [1.54, 1.807) is 7.05 Å². The maximum absolute atomic E-state index is 12.3. The molecule has 106 valence electrons. The summed E-state index contributed by atoms with van der Waals surface area (Å²) in [5.41, 5.74) is 0.457. The van der Waals surface area contributed by atoms with Crippen LogP contribution in [0.2, 0.25) is 0 Å². The molecule has 0 bridgehead atoms. The van der Waals surface area contributed by atoms with Crippen LogP contribution in [0.5, 0.6) is 0 Å². The molecule has 20 heavy (non-hydrogen) atoms. The summed E-state index contributed by atoms with van der Waals surface area (Å²) in [5, 5.41) is 8.75. The lowest BCUT2D eigenvalue weighted by atomic mass is 10.2. The van der Waals surface area contributed by atoms with Crippen LogP contribution in [-0.2, 0) is 17.1 Å². The Labute approximate surface area is 116 Å². The van der Waals surface area contributed by atoms with Gasteiger partial charge in [0.1, 0.15) is 0 Å². The van der Waals surface area contributed by atoms with Crippen LogP contribution in [0.25, 0.3) is 0 Å². The van der Waals surface area contributed by atoms with Crippen molar-refractivity contribution in [1.29, 1.82) is 0 Å². The monoisotopic (exact) mass is 295 g/mol. The molecular weight excluding hydrogens is 282 g/mol. The number of nitrogens with zero attached hydrogens (tertiary/aromatic N) is 3. The summed E-state index contributed by atoms with van der Waals surface area (Å²) < 4.78 is 27.2. The molecule has 1 heterocycles. The van der Waals surface area contributed by atoms with E-state index in [1.807, 2.05) is 0 Å². The molecule has 2 aromatic rings. The van der Waals surface area contributed by atoms with Gasteiger partial charge in [-0.1, -0.05) is 0 Å². The highest BCUT2D eigenvalue weighted by Crippen LogP contribution is 2.21. The minimum absolute atomic E-state index is 0.0650. The predicted molar refractivity (Wildman–Crippen MR) is 72.2 cm³/mol. The van der Waals surface area contributed by atoms with E-state index in [1.165, 1.54) is 48.4 Å². The second-order valence-corrected chi connectivity index (χ2v) is 6.12. The molecule has 0 atom stereocenters. The van der Waals surface area contributed by atoms with Gasteiger partial charge in [-0.15, -0.1) is 0 Å². The largest absolute Gasteiger partial charge is 0.478 e. The Morgan fingerprint density at radius 2 is 1.90 bits per heavy atom. The number of sulfonamides is 1. The number of aromatic nitrogens is 2. The predicted octanol–water partition coefficient (Wildman–Crippen LogP) is 0.943. The van der Waals surface area contributed by atoms with E-state index in [-0.39, 0.29) is 10.6 Å². The summed E-state index contributed by atoms with van der Waals surface area (Å²) in [6, 6.07) is 5.57. The molecule has 0 radical (unpaired) electrons. The van der Waals surface area contributed by atoms with Crippen LogP contribution < -0.4 is 4.31 Å².